The predicted octanol–water partition coefficient (Wildman–Crippen LogP) is 1.44. The zero-order valence-electron chi connectivity index (χ0n) is 9.49. The maximum Gasteiger partial charge on any atom is 0.124 e. The van der Waals surface area contributed by atoms with E-state index < -0.39 is 0 Å². The summed E-state index contributed by atoms with van der Waals surface area (Å²) in [5.74, 6) is 0.331. The van der Waals surface area contributed by atoms with Crippen LogP contribution in [-0.2, 0) is 0 Å². The smallest absolute Gasteiger partial charge is 0.124 e. The van der Waals surface area contributed by atoms with Crippen LogP contribution in [0.5, 0.6) is 0 Å². The minimum atomic E-state index is -0.0174. The number of nitrogens with zero attached hydrogens (tertiary/aromatic N) is 1. The van der Waals surface area contributed by atoms with Crippen LogP contribution in [0.2, 0.25) is 5.02 Å². The summed E-state index contributed by atoms with van der Waals surface area (Å²) in [7, 11) is 0. The van der Waals surface area contributed by atoms with Gasteiger partial charge in [-0.3, -0.25) is 5.41 Å². The van der Waals surface area contributed by atoms with Crippen molar-refractivity contribution < 1.29 is 5.11 Å². The molecule has 0 bridgehead atoms. The molecular formula is C12H16ClN3O. The third-order valence-electron chi connectivity index (χ3n) is 3.15. The van der Waals surface area contributed by atoms with Gasteiger partial charge in [0.15, 0.2) is 0 Å². The molecule has 1 fully saturated rings. The average molecular weight is 254 g/mol. The highest BCUT2D eigenvalue weighted by molar-refractivity contribution is 6.34. The summed E-state index contributed by atoms with van der Waals surface area (Å²) in [6, 6.07) is 5.52. The van der Waals surface area contributed by atoms with Crippen LogP contribution in [0.1, 0.15) is 12.0 Å². The second kappa shape index (κ2) is 4.94. The largest absolute Gasteiger partial charge is 0.396 e. The molecule has 4 N–H and O–H groups in total. The van der Waals surface area contributed by atoms with Crippen LogP contribution in [0.25, 0.3) is 0 Å². The predicted molar refractivity (Wildman–Crippen MR) is 69.9 cm³/mol. The van der Waals surface area contributed by atoms with Gasteiger partial charge in [-0.25, -0.2) is 0 Å². The Balaban J connectivity index is 2.18. The summed E-state index contributed by atoms with van der Waals surface area (Å²) >= 11 is 6.08. The van der Waals surface area contributed by atoms with Crippen molar-refractivity contribution in [1.82, 2.24) is 0 Å². The van der Waals surface area contributed by atoms with Crippen molar-refractivity contribution in [2.45, 2.75) is 6.42 Å². The molecule has 92 valence electrons. The Labute approximate surface area is 105 Å². The fourth-order valence-electron chi connectivity index (χ4n) is 2.14. The van der Waals surface area contributed by atoms with E-state index in [1.165, 1.54) is 0 Å². The summed E-state index contributed by atoms with van der Waals surface area (Å²) in [6.07, 6.45) is 1.00. The van der Waals surface area contributed by atoms with Crippen molar-refractivity contribution in [1.29, 1.82) is 5.41 Å². The number of nitrogens with two attached hydrogens (primary N) is 1. The average Bonchev–Trinajstić information content (AvgIpc) is 2.76. The number of hydrogen-bond donors (Lipinski definition) is 3. The van der Waals surface area contributed by atoms with E-state index in [-0.39, 0.29) is 12.4 Å². The lowest BCUT2D eigenvalue weighted by atomic mass is 10.1. The maximum absolute atomic E-state index is 9.10. The molecule has 1 unspecified atom stereocenters. The second-order valence-electron chi connectivity index (χ2n) is 4.36. The molecule has 17 heavy (non-hydrogen) atoms. The SMILES string of the molecule is N=C(N)c1ccc(N2CCC(CO)C2)cc1Cl. The number of aliphatic hydroxyl groups excluding tert-OH is 1. The van der Waals surface area contributed by atoms with E-state index in [9.17, 15) is 0 Å². The zero-order valence-corrected chi connectivity index (χ0v) is 10.2. The van der Waals surface area contributed by atoms with Crippen molar-refractivity contribution >= 4 is 23.1 Å². The van der Waals surface area contributed by atoms with Crippen molar-refractivity contribution in [3.8, 4) is 0 Å². The molecule has 1 aliphatic heterocycles. The van der Waals surface area contributed by atoms with Crippen LogP contribution in [-0.4, -0.2) is 30.6 Å². The van der Waals surface area contributed by atoms with Crippen LogP contribution in [0.15, 0.2) is 18.2 Å². The van der Waals surface area contributed by atoms with E-state index in [4.69, 9.17) is 27.9 Å². The molecule has 4 nitrogen and oxygen atoms in total. The van der Waals surface area contributed by atoms with E-state index in [1.807, 2.05) is 12.1 Å². The highest BCUT2D eigenvalue weighted by Crippen LogP contribution is 2.27. The van der Waals surface area contributed by atoms with E-state index in [2.05, 4.69) is 4.90 Å². The number of hydrogen-bond acceptors (Lipinski definition) is 3. The Kier molecular flexibility index (Phi) is 3.54. The van der Waals surface area contributed by atoms with Gasteiger partial charge in [0, 0.05) is 36.9 Å². The molecule has 0 radical (unpaired) electrons. The topological polar surface area (TPSA) is 73.3 Å². The normalized spacial score (nSPS) is 19.6. The van der Waals surface area contributed by atoms with Crippen molar-refractivity contribution in [3.63, 3.8) is 0 Å². The minimum Gasteiger partial charge on any atom is -0.396 e. The molecule has 0 aliphatic carbocycles. The number of benzene rings is 1. The first-order chi connectivity index (χ1) is 8.11. The van der Waals surface area contributed by atoms with Crippen LogP contribution in [0.3, 0.4) is 0 Å². The molecule has 1 aromatic rings. The fourth-order valence-corrected chi connectivity index (χ4v) is 2.41. The summed E-state index contributed by atoms with van der Waals surface area (Å²) in [6.45, 7) is 2.02. The van der Waals surface area contributed by atoms with E-state index >= 15 is 0 Å². The number of nitrogen functional groups attached to an aromatic ring is 1. The molecule has 1 heterocycles. The van der Waals surface area contributed by atoms with Gasteiger partial charge in [0.05, 0.1) is 5.02 Å². The Morgan fingerprint density at radius 3 is 2.88 bits per heavy atom. The third kappa shape index (κ3) is 2.53. The lowest BCUT2D eigenvalue weighted by Gasteiger charge is -2.19. The molecule has 0 spiro atoms. The first-order valence-corrected chi connectivity index (χ1v) is 5.99. The molecule has 1 aromatic carbocycles. The Hall–Kier alpha value is -1.26. The summed E-state index contributed by atoms with van der Waals surface area (Å²) in [4.78, 5) is 2.19. The van der Waals surface area contributed by atoms with Crippen molar-refractivity contribution in [2.24, 2.45) is 11.7 Å². The first kappa shape index (κ1) is 12.2. The molecule has 0 aromatic heterocycles. The number of aliphatic hydroxyl groups is 1. The molecule has 1 aliphatic rings. The zero-order chi connectivity index (χ0) is 12.4. The van der Waals surface area contributed by atoms with Gasteiger partial charge in [-0.1, -0.05) is 11.6 Å². The number of nitrogens with one attached hydrogen (secondary N) is 1. The summed E-state index contributed by atoms with van der Waals surface area (Å²) < 4.78 is 0. The van der Waals surface area contributed by atoms with Gasteiger partial charge in [-0.2, -0.15) is 0 Å². The van der Waals surface area contributed by atoms with E-state index in [0.717, 1.165) is 25.2 Å². The lowest BCUT2D eigenvalue weighted by molar-refractivity contribution is 0.238. The Bertz CT molecular complexity index is 436. The van der Waals surface area contributed by atoms with Gasteiger partial charge in [-0.15, -0.1) is 0 Å². The number of amidine groups is 1. The Morgan fingerprint density at radius 2 is 2.35 bits per heavy atom. The van der Waals surface area contributed by atoms with E-state index in [0.29, 0.717) is 16.5 Å². The van der Waals surface area contributed by atoms with Gasteiger partial charge < -0.3 is 15.7 Å². The molecule has 1 atom stereocenters. The van der Waals surface area contributed by atoms with Crippen LogP contribution in [0.4, 0.5) is 5.69 Å². The van der Waals surface area contributed by atoms with Gasteiger partial charge in [-0.05, 0) is 24.6 Å². The molecule has 0 amide bonds. The summed E-state index contributed by atoms with van der Waals surface area (Å²) in [5, 5.41) is 17.0. The summed E-state index contributed by atoms with van der Waals surface area (Å²) in [5.41, 5.74) is 7.00. The third-order valence-corrected chi connectivity index (χ3v) is 3.46. The second-order valence-corrected chi connectivity index (χ2v) is 4.77. The molecular weight excluding hydrogens is 238 g/mol. The monoisotopic (exact) mass is 253 g/mol. The van der Waals surface area contributed by atoms with Crippen LogP contribution >= 0.6 is 11.6 Å². The van der Waals surface area contributed by atoms with E-state index in [1.54, 1.807) is 6.07 Å². The van der Waals surface area contributed by atoms with Crippen molar-refractivity contribution in [3.05, 3.63) is 28.8 Å². The minimum absolute atomic E-state index is 0.0174. The number of anilines is 1. The highest BCUT2D eigenvalue weighted by atomic mass is 35.5. The molecule has 1 saturated heterocycles. The lowest BCUT2D eigenvalue weighted by Crippen LogP contribution is -2.21. The standard InChI is InChI=1S/C12H16ClN3O/c13-11-5-9(1-2-10(11)12(14)15)16-4-3-8(6-16)7-17/h1-2,5,8,17H,3-4,6-7H2,(H3,14,15). The van der Waals surface area contributed by atoms with Crippen LogP contribution in [0, 0.1) is 11.3 Å². The Morgan fingerprint density at radius 1 is 1.59 bits per heavy atom. The number of rotatable bonds is 3. The maximum atomic E-state index is 9.10. The molecule has 5 heteroatoms. The van der Waals surface area contributed by atoms with Crippen molar-refractivity contribution in [2.75, 3.05) is 24.6 Å². The van der Waals surface area contributed by atoms with Gasteiger partial charge in [0.1, 0.15) is 5.84 Å². The van der Waals surface area contributed by atoms with Gasteiger partial charge in [0.2, 0.25) is 0 Å². The first-order valence-electron chi connectivity index (χ1n) is 5.61. The van der Waals surface area contributed by atoms with Gasteiger partial charge >= 0.3 is 0 Å². The quantitative estimate of drug-likeness (QED) is 0.564. The molecule has 0 saturated carbocycles. The van der Waals surface area contributed by atoms with Gasteiger partial charge in [0.25, 0.3) is 0 Å². The number of halogens is 1. The fraction of sp³-hybridized carbons (Fsp3) is 0.417. The van der Waals surface area contributed by atoms with Crippen LogP contribution < -0.4 is 10.6 Å². The molecule has 2 rings (SSSR count). The highest BCUT2D eigenvalue weighted by Gasteiger charge is 2.22.